The number of rotatable bonds is 7. The van der Waals surface area contributed by atoms with Gasteiger partial charge in [0.15, 0.2) is 0 Å². The summed E-state index contributed by atoms with van der Waals surface area (Å²) < 4.78 is 5.06. The highest BCUT2D eigenvalue weighted by Crippen LogP contribution is 2.35. The minimum absolute atomic E-state index is 0.0270. The Kier molecular flexibility index (Phi) is 6.28. The quantitative estimate of drug-likeness (QED) is 0.637. The third-order valence-electron chi connectivity index (χ3n) is 3.81. The summed E-state index contributed by atoms with van der Waals surface area (Å²) in [4.78, 5) is 18.1. The van der Waals surface area contributed by atoms with Crippen LogP contribution >= 0.6 is 11.8 Å². The second-order valence-electron chi connectivity index (χ2n) is 5.65. The first-order chi connectivity index (χ1) is 12.8. The number of hydrogen-bond donors (Lipinski definition) is 1. The molecule has 0 radical (unpaired) electrons. The molecule has 1 amide bonds. The summed E-state index contributed by atoms with van der Waals surface area (Å²) in [5, 5.41) is 2.70. The maximum Gasteiger partial charge on any atom is 0.238 e. The van der Waals surface area contributed by atoms with E-state index < -0.39 is 0 Å². The summed E-state index contributed by atoms with van der Waals surface area (Å²) in [6.07, 6.45) is 1.71. The number of nitrogens with zero attached hydrogens (tertiary/aromatic N) is 1. The Morgan fingerprint density at radius 1 is 1.04 bits per heavy atom. The minimum Gasteiger partial charge on any atom is -0.481 e. The highest BCUT2D eigenvalue weighted by Gasteiger charge is 2.21. The van der Waals surface area contributed by atoms with Crippen molar-refractivity contribution in [1.29, 1.82) is 0 Å². The molecule has 0 aliphatic carbocycles. The van der Waals surface area contributed by atoms with Gasteiger partial charge in [0, 0.05) is 23.7 Å². The van der Waals surface area contributed by atoms with Crippen LogP contribution in [0.4, 0.5) is 0 Å². The molecule has 26 heavy (non-hydrogen) atoms. The fourth-order valence-corrected chi connectivity index (χ4v) is 3.52. The summed E-state index contributed by atoms with van der Waals surface area (Å²) in [5.41, 5.74) is 1.90. The number of benzene rings is 2. The largest absolute Gasteiger partial charge is 0.481 e. The molecule has 3 aromatic rings. The molecule has 1 N–H and O–H groups in total. The summed E-state index contributed by atoms with van der Waals surface area (Å²) >= 11 is 1.54. The van der Waals surface area contributed by atoms with Gasteiger partial charge in [-0.05, 0) is 23.3 Å². The van der Waals surface area contributed by atoms with E-state index in [1.165, 1.54) is 0 Å². The number of aromatic nitrogens is 1. The van der Waals surface area contributed by atoms with E-state index in [0.29, 0.717) is 12.4 Å². The Bertz CT molecular complexity index is 824. The molecule has 0 saturated heterocycles. The van der Waals surface area contributed by atoms with Gasteiger partial charge in [0.1, 0.15) is 5.25 Å². The van der Waals surface area contributed by atoms with Gasteiger partial charge >= 0.3 is 0 Å². The van der Waals surface area contributed by atoms with Crippen molar-refractivity contribution in [2.24, 2.45) is 0 Å². The van der Waals surface area contributed by atoms with Crippen LogP contribution in [0.3, 0.4) is 0 Å². The Morgan fingerprint density at radius 3 is 2.35 bits per heavy atom. The molecule has 0 saturated carbocycles. The lowest BCUT2D eigenvalue weighted by molar-refractivity contribution is -0.120. The molecular weight excluding hydrogens is 344 g/mol. The van der Waals surface area contributed by atoms with Crippen LogP contribution < -0.4 is 10.1 Å². The summed E-state index contributed by atoms with van der Waals surface area (Å²) in [6, 6.07) is 23.5. The molecule has 1 unspecified atom stereocenters. The van der Waals surface area contributed by atoms with E-state index in [4.69, 9.17) is 4.74 Å². The van der Waals surface area contributed by atoms with Gasteiger partial charge in [0.2, 0.25) is 11.8 Å². The van der Waals surface area contributed by atoms with Crippen molar-refractivity contribution >= 4 is 17.7 Å². The zero-order valence-electron chi connectivity index (χ0n) is 14.5. The van der Waals surface area contributed by atoms with Gasteiger partial charge in [-0.3, -0.25) is 4.79 Å². The summed E-state index contributed by atoms with van der Waals surface area (Å²) in [7, 11) is 1.58. The third-order valence-corrected chi connectivity index (χ3v) is 5.08. The number of ether oxygens (including phenoxy) is 1. The van der Waals surface area contributed by atoms with Crippen LogP contribution in [0.5, 0.6) is 5.88 Å². The predicted octanol–water partition coefficient (Wildman–Crippen LogP) is 4.24. The number of thioether (sulfide) groups is 1. The highest BCUT2D eigenvalue weighted by atomic mass is 32.2. The molecule has 0 fully saturated rings. The molecule has 132 valence electrons. The number of amides is 1. The minimum atomic E-state index is -0.315. The standard InChI is InChI=1S/C21H20N2O2S/c1-25-19-13-12-16(14-22-19)15-23-21(24)20(17-8-4-2-5-9-17)26-18-10-6-3-7-11-18/h2-14,20H,15H2,1H3,(H,23,24). The zero-order chi connectivity index (χ0) is 18.2. The second-order valence-corrected chi connectivity index (χ2v) is 6.83. The Balaban J connectivity index is 1.71. The summed E-state index contributed by atoms with van der Waals surface area (Å²) in [5.74, 6) is 0.530. The predicted molar refractivity (Wildman–Crippen MR) is 104 cm³/mol. The van der Waals surface area contributed by atoms with Gasteiger partial charge in [0.25, 0.3) is 0 Å². The average Bonchev–Trinajstić information content (AvgIpc) is 2.72. The van der Waals surface area contributed by atoms with Crippen LogP contribution in [-0.4, -0.2) is 18.0 Å². The van der Waals surface area contributed by atoms with Crippen LogP contribution in [-0.2, 0) is 11.3 Å². The molecule has 3 rings (SSSR count). The second kappa shape index (κ2) is 9.06. The Morgan fingerprint density at radius 2 is 1.73 bits per heavy atom. The maximum atomic E-state index is 12.9. The van der Waals surface area contributed by atoms with Crippen LogP contribution in [0.2, 0.25) is 0 Å². The topological polar surface area (TPSA) is 51.2 Å². The Hall–Kier alpha value is -2.79. The van der Waals surface area contributed by atoms with Gasteiger partial charge in [-0.15, -0.1) is 11.8 Å². The number of carbonyl (C=O) groups excluding carboxylic acids is 1. The smallest absolute Gasteiger partial charge is 0.238 e. The fraction of sp³-hybridized carbons (Fsp3) is 0.143. The molecule has 0 spiro atoms. The van der Waals surface area contributed by atoms with Crippen molar-refractivity contribution in [3.8, 4) is 5.88 Å². The van der Waals surface area contributed by atoms with Crippen molar-refractivity contribution < 1.29 is 9.53 Å². The van der Waals surface area contributed by atoms with Crippen LogP contribution in [0, 0.1) is 0 Å². The van der Waals surface area contributed by atoms with Crippen LogP contribution in [0.25, 0.3) is 0 Å². The van der Waals surface area contributed by atoms with Gasteiger partial charge < -0.3 is 10.1 Å². The van der Waals surface area contributed by atoms with Crippen molar-refractivity contribution in [3.63, 3.8) is 0 Å². The molecule has 1 heterocycles. The lowest BCUT2D eigenvalue weighted by Gasteiger charge is -2.17. The fourth-order valence-electron chi connectivity index (χ4n) is 2.45. The molecule has 0 aliphatic heterocycles. The zero-order valence-corrected chi connectivity index (χ0v) is 15.3. The molecular formula is C21H20N2O2S. The van der Waals surface area contributed by atoms with Gasteiger partial charge in [0.05, 0.1) is 7.11 Å². The highest BCUT2D eigenvalue weighted by molar-refractivity contribution is 8.00. The number of nitrogens with one attached hydrogen (secondary N) is 1. The molecule has 2 aromatic carbocycles. The first kappa shape index (κ1) is 18.0. The average molecular weight is 364 g/mol. The number of methoxy groups -OCH3 is 1. The molecule has 0 aliphatic rings. The SMILES string of the molecule is COc1ccc(CNC(=O)C(Sc2ccccc2)c2ccccc2)cn1. The summed E-state index contributed by atoms with van der Waals surface area (Å²) in [6.45, 7) is 0.425. The first-order valence-electron chi connectivity index (χ1n) is 8.29. The number of hydrogen-bond acceptors (Lipinski definition) is 4. The van der Waals surface area contributed by atoms with Gasteiger partial charge in [-0.1, -0.05) is 54.6 Å². The van der Waals surface area contributed by atoms with Gasteiger partial charge in [-0.2, -0.15) is 0 Å². The molecule has 4 nitrogen and oxygen atoms in total. The van der Waals surface area contributed by atoms with Crippen molar-refractivity contribution in [2.75, 3.05) is 7.11 Å². The molecule has 1 atom stereocenters. The Labute approximate surface area is 157 Å². The monoisotopic (exact) mass is 364 g/mol. The lowest BCUT2D eigenvalue weighted by atomic mass is 10.1. The van der Waals surface area contributed by atoms with Crippen LogP contribution in [0.1, 0.15) is 16.4 Å². The third kappa shape index (κ3) is 4.86. The van der Waals surface area contributed by atoms with Crippen molar-refractivity contribution in [1.82, 2.24) is 10.3 Å². The van der Waals surface area contributed by atoms with E-state index in [0.717, 1.165) is 16.0 Å². The molecule has 5 heteroatoms. The van der Waals surface area contributed by atoms with E-state index >= 15 is 0 Å². The van der Waals surface area contributed by atoms with E-state index in [1.807, 2.05) is 66.7 Å². The van der Waals surface area contributed by atoms with Gasteiger partial charge in [-0.25, -0.2) is 4.98 Å². The van der Waals surface area contributed by atoms with E-state index in [9.17, 15) is 4.79 Å². The lowest BCUT2D eigenvalue weighted by Crippen LogP contribution is -2.27. The first-order valence-corrected chi connectivity index (χ1v) is 9.17. The van der Waals surface area contributed by atoms with E-state index in [2.05, 4.69) is 10.3 Å². The molecule has 0 bridgehead atoms. The van der Waals surface area contributed by atoms with E-state index in [-0.39, 0.29) is 11.2 Å². The normalized spacial score (nSPS) is 11.6. The number of pyridine rings is 1. The maximum absolute atomic E-state index is 12.9. The van der Waals surface area contributed by atoms with E-state index in [1.54, 1.807) is 31.1 Å². The number of carbonyl (C=O) groups is 1. The molecule has 1 aromatic heterocycles. The van der Waals surface area contributed by atoms with Crippen LogP contribution in [0.15, 0.2) is 83.9 Å². The van der Waals surface area contributed by atoms with Crippen molar-refractivity contribution in [2.45, 2.75) is 16.7 Å². The van der Waals surface area contributed by atoms with Crippen molar-refractivity contribution in [3.05, 3.63) is 90.1 Å².